The molecule has 1 aromatic rings. The monoisotopic (exact) mass is 189 g/mol. The summed E-state index contributed by atoms with van der Waals surface area (Å²) in [5, 5.41) is 16.6. The Hall–Kier alpha value is -1.69. The molecule has 1 rings (SSSR count). The van der Waals surface area contributed by atoms with Gasteiger partial charge in [0.05, 0.1) is 5.56 Å². The van der Waals surface area contributed by atoms with Gasteiger partial charge in [0.1, 0.15) is 5.69 Å². The number of hydrogen-bond acceptors (Lipinski definition) is 3. The first-order valence-electron chi connectivity index (χ1n) is 3.18. The first kappa shape index (κ1) is 9.40. The lowest BCUT2D eigenvalue weighted by atomic mass is 10.2. The maximum atomic E-state index is 12.7. The van der Waals surface area contributed by atoms with Gasteiger partial charge in [-0.15, -0.1) is 0 Å². The maximum Gasteiger partial charge on any atom is 0.335 e. The van der Waals surface area contributed by atoms with Crippen molar-refractivity contribution < 1.29 is 23.9 Å². The maximum absolute atomic E-state index is 12.7. The van der Waals surface area contributed by atoms with Crippen LogP contribution in [0.5, 0.6) is 0 Å². The van der Waals surface area contributed by atoms with Crippen LogP contribution in [0, 0.1) is 11.6 Å². The van der Waals surface area contributed by atoms with Crippen LogP contribution in [0.15, 0.2) is 12.1 Å². The Bertz CT molecular complexity index is 331. The summed E-state index contributed by atoms with van der Waals surface area (Å²) in [6, 6.07) is 1.20. The van der Waals surface area contributed by atoms with Crippen LogP contribution in [0.4, 0.5) is 14.5 Å². The van der Waals surface area contributed by atoms with Gasteiger partial charge in [-0.05, 0) is 12.1 Å². The van der Waals surface area contributed by atoms with E-state index in [1.54, 1.807) is 0 Å². The third kappa shape index (κ3) is 1.73. The van der Waals surface area contributed by atoms with Crippen LogP contribution in [0.25, 0.3) is 0 Å². The minimum Gasteiger partial charge on any atom is -0.478 e. The highest BCUT2D eigenvalue weighted by Gasteiger charge is 2.13. The van der Waals surface area contributed by atoms with Crippen molar-refractivity contribution in [3.05, 3.63) is 29.3 Å². The molecule has 4 nitrogen and oxygen atoms in total. The molecule has 0 spiro atoms. The second kappa shape index (κ2) is 3.36. The Morgan fingerprint density at radius 2 is 1.77 bits per heavy atom. The summed E-state index contributed by atoms with van der Waals surface area (Å²) >= 11 is 0. The summed E-state index contributed by atoms with van der Waals surface area (Å²) in [6.07, 6.45) is 0. The highest BCUT2D eigenvalue weighted by Crippen LogP contribution is 2.19. The minimum atomic E-state index is -1.44. The second-order valence-electron chi connectivity index (χ2n) is 2.23. The number of anilines is 1. The van der Waals surface area contributed by atoms with Gasteiger partial charge in [-0.2, -0.15) is 0 Å². The zero-order valence-corrected chi connectivity index (χ0v) is 6.21. The molecule has 13 heavy (non-hydrogen) atoms. The Labute approximate surface area is 71.4 Å². The van der Waals surface area contributed by atoms with Gasteiger partial charge in [-0.3, -0.25) is 10.7 Å². The van der Waals surface area contributed by atoms with Crippen molar-refractivity contribution in [3.8, 4) is 0 Å². The first-order chi connectivity index (χ1) is 6.06. The lowest BCUT2D eigenvalue weighted by molar-refractivity contribution is 0.0695. The fourth-order valence-corrected chi connectivity index (χ4v) is 0.803. The van der Waals surface area contributed by atoms with Crippen LogP contribution in [0.2, 0.25) is 0 Å². The molecule has 0 fully saturated rings. The predicted molar refractivity (Wildman–Crippen MR) is 38.7 cm³/mol. The summed E-state index contributed by atoms with van der Waals surface area (Å²) in [7, 11) is 0. The summed E-state index contributed by atoms with van der Waals surface area (Å²) in [6.45, 7) is 0. The smallest absolute Gasteiger partial charge is 0.335 e. The average molecular weight is 189 g/mol. The molecule has 0 unspecified atom stereocenters. The van der Waals surface area contributed by atoms with Crippen LogP contribution < -0.4 is 5.48 Å². The second-order valence-corrected chi connectivity index (χ2v) is 2.23. The van der Waals surface area contributed by atoms with E-state index in [1.807, 2.05) is 0 Å². The quantitative estimate of drug-likeness (QED) is 0.616. The molecule has 0 saturated carbocycles. The molecule has 3 N–H and O–H groups in total. The molecular weight excluding hydrogens is 184 g/mol. The van der Waals surface area contributed by atoms with Crippen LogP contribution >= 0.6 is 0 Å². The average Bonchev–Trinajstić information content (AvgIpc) is 2.03. The normalized spacial score (nSPS) is 9.77. The van der Waals surface area contributed by atoms with E-state index in [1.165, 1.54) is 5.48 Å². The van der Waals surface area contributed by atoms with E-state index in [0.29, 0.717) is 12.1 Å². The number of rotatable bonds is 2. The molecule has 0 aliphatic heterocycles. The van der Waals surface area contributed by atoms with Crippen molar-refractivity contribution in [2.45, 2.75) is 0 Å². The number of carbonyl (C=O) groups is 1. The third-order valence-electron chi connectivity index (χ3n) is 1.40. The van der Waals surface area contributed by atoms with Gasteiger partial charge in [-0.25, -0.2) is 13.6 Å². The van der Waals surface area contributed by atoms with Crippen molar-refractivity contribution >= 4 is 11.7 Å². The van der Waals surface area contributed by atoms with Crippen molar-refractivity contribution in [2.24, 2.45) is 0 Å². The van der Waals surface area contributed by atoms with E-state index in [-0.39, 0.29) is 0 Å². The van der Waals surface area contributed by atoms with Crippen LogP contribution in [0.3, 0.4) is 0 Å². The van der Waals surface area contributed by atoms with Gasteiger partial charge in [-0.1, -0.05) is 0 Å². The molecule has 0 radical (unpaired) electrons. The third-order valence-corrected chi connectivity index (χ3v) is 1.40. The molecule has 0 bridgehead atoms. The standard InChI is InChI=1S/C7H5F2NO3/c8-4-1-3(7(11)12)2-5(9)6(4)10-13/h1-2,10,13H,(H,11,12). The van der Waals surface area contributed by atoms with E-state index >= 15 is 0 Å². The van der Waals surface area contributed by atoms with E-state index < -0.39 is 28.9 Å². The SMILES string of the molecule is O=C(O)c1cc(F)c(NO)c(F)c1. The van der Waals surface area contributed by atoms with Gasteiger partial charge in [0.15, 0.2) is 11.6 Å². The Balaban J connectivity index is 3.28. The van der Waals surface area contributed by atoms with E-state index in [4.69, 9.17) is 10.3 Å². The van der Waals surface area contributed by atoms with Crippen LogP contribution in [-0.4, -0.2) is 16.3 Å². The number of benzene rings is 1. The number of hydrogen-bond donors (Lipinski definition) is 3. The van der Waals surface area contributed by atoms with E-state index in [9.17, 15) is 13.6 Å². The van der Waals surface area contributed by atoms with E-state index in [0.717, 1.165) is 0 Å². The van der Waals surface area contributed by atoms with Crippen molar-refractivity contribution in [1.29, 1.82) is 0 Å². The topological polar surface area (TPSA) is 69.6 Å². The summed E-state index contributed by atoms with van der Waals surface area (Å²) in [5.41, 5.74) is -0.00586. The molecule has 0 heterocycles. The molecule has 0 aliphatic carbocycles. The van der Waals surface area contributed by atoms with Crippen LogP contribution in [0.1, 0.15) is 10.4 Å². The van der Waals surface area contributed by atoms with Gasteiger partial charge in [0.25, 0.3) is 0 Å². The van der Waals surface area contributed by atoms with Gasteiger partial charge >= 0.3 is 5.97 Å². The molecule has 0 amide bonds. The molecule has 70 valence electrons. The fraction of sp³-hybridized carbons (Fsp3) is 0. The van der Waals surface area contributed by atoms with Gasteiger partial charge < -0.3 is 5.11 Å². The molecule has 1 aromatic carbocycles. The number of aromatic carboxylic acids is 1. The Kier molecular flexibility index (Phi) is 2.43. The zero-order valence-electron chi connectivity index (χ0n) is 6.21. The number of nitrogens with one attached hydrogen (secondary N) is 1. The van der Waals surface area contributed by atoms with Gasteiger partial charge in [0, 0.05) is 0 Å². The molecular formula is C7H5F2NO3. The Morgan fingerprint density at radius 1 is 1.31 bits per heavy atom. The molecule has 0 aliphatic rings. The van der Waals surface area contributed by atoms with Crippen molar-refractivity contribution in [1.82, 2.24) is 0 Å². The number of carboxylic acid groups (broad SMARTS) is 1. The highest BCUT2D eigenvalue weighted by atomic mass is 19.1. The number of halogens is 2. The fourth-order valence-electron chi connectivity index (χ4n) is 0.803. The van der Waals surface area contributed by atoms with E-state index in [2.05, 4.69) is 0 Å². The summed E-state index contributed by atoms with van der Waals surface area (Å²) < 4.78 is 25.5. The predicted octanol–water partition coefficient (Wildman–Crippen LogP) is 1.46. The highest BCUT2D eigenvalue weighted by molar-refractivity contribution is 5.88. The zero-order chi connectivity index (χ0) is 10.0. The molecule has 0 atom stereocenters. The minimum absolute atomic E-state index is 0.519. The van der Waals surface area contributed by atoms with Crippen molar-refractivity contribution in [3.63, 3.8) is 0 Å². The molecule has 0 saturated heterocycles. The molecule has 6 heteroatoms. The molecule has 0 aromatic heterocycles. The van der Waals surface area contributed by atoms with Crippen LogP contribution in [-0.2, 0) is 0 Å². The summed E-state index contributed by atoms with van der Waals surface area (Å²) in [5.74, 6) is -3.78. The first-order valence-corrected chi connectivity index (χ1v) is 3.18. The number of carboxylic acids is 1. The summed E-state index contributed by atoms with van der Waals surface area (Å²) in [4.78, 5) is 10.3. The lowest BCUT2D eigenvalue weighted by Gasteiger charge is -2.03. The largest absolute Gasteiger partial charge is 0.478 e. The Morgan fingerprint density at radius 3 is 2.08 bits per heavy atom. The van der Waals surface area contributed by atoms with Crippen molar-refractivity contribution in [2.75, 3.05) is 5.48 Å². The lowest BCUT2D eigenvalue weighted by Crippen LogP contribution is -2.03. The van der Waals surface area contributed by atoms with Gasteiger partial charge in [0.2, 0.25) is 0 Å².